The summed E-state index contributed by atoms with van der Waals surface area (Å²) in [4.78, 5) is 19.4. The third-order valence-corrected chi connectivity index (χ3v) is 5.57. The van der Waals surface area contributed by atoms with Crippen LogP contribution < -0.4 is 0 Å². The van der Waals surface area contributed by atoms with E-state index in [-0.39, 0.29) is 0 Å². The first-order chi connectivity index (χ1) is 11.3. The highest BCUT2D eigenvalue weighted by Crippen LogP contribution is 2.31. The Kier molecular flexibility index (Phi) is 4.36. The number of hydrogen-bond donors (Lipinski definition) is 0. The van der Waals surface area contributed by atoms with Gasteiger partial charge in [0.1, 0.15) is 0 Å². The molecule has 1 aliphatic carbocycles. The second kappa shape index (κ2) is 6.62. The molecule has 0 spiro atoms. The minimum absolute atomic E-state index is 0.370. The van der Waals surface area contributed by atoms with Gasteiger partial charge >= 0.3 is 0 Å². The molecule has 1 saturated carbocycles. The zero-order valence-corrected chi connectivity index (χ0v) is 13.9. The van der Waals surface area contributed by atoms with Gasteiger partial charge in [0.15, 0.2) is 0 Å². The van der Waals surface area contributed by atoms with Crippen LogP contribution in [0.25, 0.3) is 0 Å². The number of nitrogens with zero attached hydrogens (tertiary/aromatic N) is 3. The molecule has 4 rings (SSSR count). The normalized spacial score (nSPS) is 26.6. The molecular weight excluding hydrogens is 286 g/mol. The lowest BCUT2D eigenvalue weighted by Gasteiger charge is -2.38. The molecule has 1 atom stereocenters. The Bertz CT molecular complexity index is 535. The topological polar surface area (TPSA) is 26.8 Å². The molecule has 1 unspecified atom stereocenters. The summed E-state index contributed by atoms with van der Waals surface area (Å²) in [6.45, 7) is 7.42. The number of amides is 1. The van der Waals surface area contributed by atoms with Crippen molar-refractivity contribution in [2.45, 2.75) is 31.8 Å². The lowest BCUT2D eigenvalue weighted by molar-refractivity contribution is -0.134. The summed E-state index contributed by atoms with van der Waals surface area (Å²) in [5, 5.41) is 0. The molecule has 0 bridgehead atoms. The average Bonchev–Trinajstić information content (AvgIpc) is 3.35. The first-order valence-electron chi connectivity index (χ1n) is 9.09. The second-order valence-corrected chi connectivity index (χ2v) is 7.30. The van der Waals surface area contributed by atoms with Crippen LogP contribution in [-0.4, -0.2) is 65.9 Å². The van der Waals surface area contributed by atoms with Crippen molar-refractivity contribution in [3.8, 4) is 0 Å². The fraction of sp³-hybridized carbons (Fsp3) is 0.632. The van der Waals surface area contributed by atoms with Crippen LogP contribution in [0.2, 0.25) is 0 Å². The van der Waals surface area contributed by atoms with Gasteiger partial charge in [0.05, 0.1) is 0 Å². The Morgan fingerprint density at radius 2 is 1.70 bits per heavy atom. The Labute approximate surface area is 139 Å². The Balaban J connectivity index is 1.25. The van der Waals surface area contributed by atoms with Crippen molar-refractivity contribution in [1.82, 2.24) is 14.7 Å². The van der Waals surface area contributed by atoms with Crippen molar-refractivity contribution in [3.63, 3.8) is 0 Å². The van der Waals surface area contributed by atoms with Crippen LogP contribution in [0.15, 0.2) is 30.3 Å². The Morgan fingerprint density at radius 1 is 0.957 bits per heavy atom. The largest absolute Gasteiger partial charge is 0.340 e. The zero-order valence-electron chi connectivity index (χ0n) is 13.9. The fourth-order valence-corrected chi connectivity index (χ4v) is 3.99. The predicted octanol–water partition coefficient (Wildman–Crippen LogP) is 1.82. The van der Waals surface area contributed by atoms with E-state index in [9.17, 15) is 4.79 Å². The van der Waals surface area contributed by atoms with Gasteiger partial charge < -0.3 is 4.90 Å². The Hall–Kier alpha value is -1.39. The number of piperazine rings is 1. The van der Waals surface area contributed by atoms with E-state index in [0.29, 0.717) is 17.9 Å². The SMILES string of the molecule is O=C(C1CC1)N1CCN(C2CCN(Cc3ccccc3)C2)CC1. The van der Waals surface area contributed by atoms with Crippen LogP contribution in [0, 0.1) is 5.92 Å². The van der Waals surface area contributed by atoms with Crippen molar-refractivity contribution >= 4 is 5.91 Å². The fourth-order valence-electron chi connectivity index (χ4n) is 3.99. The molecule has 1 amide bonds. The van der Waals surface area contributed by atoms with Crippen molar-refractivity contribution in [2.75, 3.05) is 39.3 Å². The van der Waals surface area contributed by atoms with E-state index in [1.807, 2.05) is 0 Å². The summed E-state index contributed by atoms with van der Waals surface area (Å²) in [6, 6.07) is 11.4. The lowest BCUT2D eigenvalue weighted by atomic mass is 10.2. The lowest BCUT2D eigenvalue weighted by Crippen LogP contribution is -2.52. The van der Waals surface area contributed by atoms with Crippen molar-refractivity contribution in [2.24, 2.45) is 5.92 Å². The maximum absolute atomic E-state index is 12.1. The summed E-state index contributed by atoms with van der Waals surface area (Å²) in [5.74, 6) is 0.788. The van der Waals surface area contributed by atoms with Gasteiger partial charge in [-0.25, -0.2) is 0 Å². The quantitative estimate of drug-likeness (QED) is 0.848. The molecule has 0 aromatic heterocycles. The molecule has 2 aliphatic heterocycles. The molecule has 2 heterocycles. The monoisotopic (exact) mass is 313 g/mol. The molecule has 4 heteroatoms. The third kappa shape index (κ3) is 3.59. The van der Waals surface area contributed by atoms with E-state index in [1.165, 1.54) is 25.1 Å². The molecule has 2 saturated heterocycles. The highest BCUT2D eigenvalue weighted by molar-refractivity contribution is 5.81. The number of rotatable bonds is 4. The van der Waals surface area contributed by atoms with Crippen molar-refractivity contribution in [1.29, 1.82) is 0 Å². The summed E-state index contributed by atoms with van der Waals surface area (Å²) in [6.07, 6.45) is 3.51. The highest BCUT2D eigenvalue weighted by Gasteiger charge is 2.36. The predicted molar refractivity (Wildman–Crippen MR) is 91.0 cm³/mol. The summed E-state index contributed by atoms with van der Waals surface area (Å²) in [5.41, 5.74) is 1.41. The van der Waals surface area contributed by atoms with Crippen LogP contribution in [0.3, 0.4) is 0 Å². The van der Waals surface area contributed by atoms with E-state index >= 15 is 0 Å². The molecule has 23 heavy (non-hydrogen) atoms. The molecule has 3 fully saturated rings. The summed E-state index contributed by atoms with van der Waals surface area (Å²) in [7, 11) is 0. The van der Waals surface area contributed by atoms with Gasteiger partial charge in [-0.05, 0) is 24.8 Å². The van der Waals surface area contributed by atoms with Gasteiger partial charge in [0, 0.05) is 57.8 Å². The molecule has 1 aromatic rings. The number of hydrogen-bond acceptors (Lipinski definition) is 3. The van der Waals surface area contributed by atoms with Crippen LogP contribution in [0.4, 0.5) is 0 Å². The number of likely N-dealkylation sites (tertiary alicyclic amines) is 1. The minimum Gasteiger partial charge on any atom is -0.340 e. The Morgan fingerprint density at radius 3 is 2.39 bits per heavy atom. The zero-order chi connectivity index (χ0) is 15.6. The van der Waals surface area contributed by atoms with Crippen molar-refractivity contribution in [3.05, 3.63) is 35.9 Å². The van der Waals surface area contributed by atoms with Crippen LogP contribution >= 0.6 is 0 Å². The first kappa shape index (κ1) is 15.2. The maximum Gasteiger partial charge on any atom is 0.225 e. The molecular formula is C19H27N3O. The van der Waals surface area contributed by atoms with Gasteiger partial charge in [-0.15, -0.1) is 0 Å². The van der Waals surface area contributed by atoms with Gasteiger partial charge in [-0.2, -0.15) is 0 Å². The van der Waals surface area contributed by atoms with Gasteiger partial charge in [0.25, 0.3) is 0 Å². The van der Waals surface area contributed by atoms with Crippen LogP contribution in [0.5, 0.6) is 0 Å². The number of carbonyl (C=O) groups is 1. The van der Waals surface area contributed by atoms with E-state index in [0.717, 1.165) is 45.6 Å². The third-order valence-electron chi connectivity index (χ3n) is 5.57. The van der Waals surface area contributed by atoms with E-state index in [4.69, 9.17) is 0 Å². The minimum atomic E-state index is 0.370. The van der Waals surface area contributed by atoms with E-state index in [2.05, 4.69) is 45.0 Å². The maximum atomic E-state index is 12.1. The van der Waals surface area contributed by atoms with Crippen molar-refractivity contribution < 1.29 is 4.79 Å². The van der Waals surface area contributed by atoms with Crippen LogP contribution in [0.1, 0.15) is 24.8 Å². The number of benzene rings is 1. The second-order valence-electron chi connectivity index (χ2n) is 7.30. The molecule has 124 valence electrons. The number of carbonyl (C=O) groups excluding carboxylic acids is 1. The van der Waals surface area contributed by atoms with E-state index < -0.39 is 0 Å². The molecule has 0 N–H and O–H groups in total. The van der Waals surface area contributed by atoms with Gasteiger partial charge in [-0.1, -0.05) is 30.3 Å². The molecule has 0 radical (unpaired) electrons. The molecule has 4 nitrogen and oxygen atoms in total. The van der Waals surface area contributed by atoms with Crippen LogP contribution in [-0.2, 0) is 11.3 Å². The van der Waals surface area contributed by atoms with Gasteiger partial charge in [-0.3, -0.25) is 14.6 Å². The molecule has 3 aliphatic rings. The van der Waals surface area contributed by atoms with Gasteiger partial charge in [0.2, 0.25) is 5.91 Å². The standard InChI is InChI=1S/C19H27N3O/c23-19(17-6-7-17)22-12-10-21(11-13-22)18-8-9-20(15-18)14-16-4-2-1-3-5-16/h1-5,17-18H,6-15H2. The average molecular weight is 313 g/mol. The summed E-state index contributed by atoms with van der Waals surface area (Å²) >= 11 is 0. The molecule has 1 aromatic carbocycles. The summed E-state index contributed by atoms with van der Waals surface area (Å²) < 4.78 is 0. The van der Waals surface area contributed by atoms with E-state index in [1.54, 1.807) is 0 Å². The first-order valence-corrected chi connectivity index (χ1v) is 9.09. The highest BCUT2D eigenvalue weighted by atomic mass is 16.2. The smallest absolute Gasteiger partial charge is 0.225 e.